The molecule has 0 bridgehead atoms. The average molecular weight is 510 g/mol. The lowest BCUT2D eigenvalue weighted by molar-refractivity contribution is 0.0106. The second-order valence-corrected chi connectivity index (χ2v) is 9.65. The highest BCUT2D eigenvalue weighted by Crippen LogP contribution is 2.30. The number of halogens is 1. The van der Waals surface area contributed by atoms with Gasteiger partial charge < -0.3 is 19.5 Å². The molecule has 4 rings (SSSR count). The normalized spacial score (nSPS) is 17.5. The Morgan fingerprint density at radius 2 is 1.56 bits per heavy atom. The van der Waals surface area contributed by atoms with Gasteiger partial charge in [0, 0.05) is 18.9 Å². The highest BCUT2D eigenvalue weighted by molar-refractivity contribution is 5.85. The summed E-state index contributed by atoms with van der Waals surface area (Å²) < 4.78 is 18.1. The van der Waals surface area contributed by atoms with E-state index in [1.54, 1.807) is 0 Å². The van der Waals surface area contributed by atoms with E-state index in [1.165, 1.54) is 22.3 Å². The summed E-state index contributed by atoms with van der Waals surface area (Å²) in [4.78, 5) is 0. The van der Waals surface area contributed by atoms with Gasteiger partial charge in [0.2, 0.25) is 0 Å². The van der Waals surface area contributed by atoms with E-state index in [0.717, 1.165) is 31.7 Å². The summed E-state index contributed by atoms with van der Waals surface area (Å²) >= 11 is 0. The van der Waals surface area contributed by atoms with Gasteiger partial charge in [-0.3, -0.25) is 0 Å². The summed E-state index contributed by atoms with van der Waals surface area (Å²) in [6, 6.07) is 27.7. The molecule has 2 atom stereocenters. The zero-order valence-electron chi connectivity index (χ0n) is 21.5. The molecule has 3 aromatic rings. The maximum atomic E-state index is 6.39. The first-order valence-electron chi connectivity index (χ1n) is 12.9. The highest BCUT2D eigenvalue weighted by Gasteiger charge is 2.27. The fraction of sp³-hybridized carbons (Fsp3) is 0.419. The summed E-state index contributed by atoms with van der Waals surface area (Å²) in [5.74, 6) is 1.86. The fourth-order valence-electron chi connectivity index (χ4n) is 4.51. The topological polar surface area (TPSA) is 39.7 Å². The van der Waals surface area contributed by atoms with E-state index in [1.807, 2.05) is 18.2 Å². The van der Waals surface area contributed by atoms with Gasteiger partial charge in [0.15, 0.2) is 0 Å². The monoisotopic (exact) mass is 509 g/mol. The second-order valence-electron chi connectivity index (χ2n) is 9.65. The molecule has 4 nitrogen and oxygen atoms in total. The number of ether oxygens (including phenoxy) is 3. The summed E-state index contributed by atoms with van der Waals surface area (Å²) in [7, 11) is 0. The smallest absolute Gasteiger partial charge is 0.119 e. The highest BCUT2D eigenvalue weighted by atomic mass is 35.5. The Kier molecular flexibility index (Phi) is 11.8. The molecule has 0 amide bonds. The van der Waals surface area contributed by atoms with Crippen molar-refractivity contribution in [2.75, 3.05) is 26.3 Å². The molecule has 36 heavy (non-hydrogen) atoms. The fourth-order valence-corrected chi connectivity index (χ4v) is 4.51. The maximum Gasteiger partial charge on any atom is 0.119 e. The molecule has 3 aromatic carbocycles. The van der Waals surface area contributed by atoms with E-state index in [-0.39, 0.29) is 18.5 Å². The Hall–Kier alpha value is -2.37. The molecule has 1 aliphatic heterocycles. The van der Waals surface area contributed by atoms with Crippen molar-refractivity contribution in [3.63, 3.8) is 0 Å². The number of nitrogens with one attached hydrogen (secondary N) is 1. The third-order valence-corrected chi connectivity index (χ3v) is 6.66. The Bertz CT molecular complexity index is 993. The SMILES string of the molecule is CC(C)c1ccc(COC2CNCCC2c2ccc(OCCCOCc3ccccc3)cc2)cc1.Cl. The van der Waals surface area contributed by atoms with E-state index >= 15 is 0 Å². The van der Waals surface area contributed by atoms with Crippen LogP contribution < -0.4 is 10.1 Å². The molecule has 0 aliphatic carbocycles. The third kappa shape index (κ3) is 8.63. The van der Waals surface area contributed by atoms with Crippen LogP contribution in [0.25, 0.3) is 0 Å². The molecule has 1 N–H and O–H groups in total. The molecular formula is C31H40ClNO3. The van der Waals surface area contributed by atoms with E-state index in [9.17, 15) is 0 Å². The van der Waals surface area contributed by atoms with Crippen molar-refractivity contribution in [2.24, 2.45) is 0 Å². The van der Waals surface area contributed by atoms with Crippen molar-refractivity contribution >= 4 is 12.4 Å². The van der Waals surface area contributed by atoms with E-state index < -0.39 is 0 Å². The lowest BCUT2D eigenvalue weighted by Gasteiger charge is -2.32. The average Bonchev–Trinajstić information content (AvgIpc) is 2.91. The van der Waals surface area contributed by atoms with Gasteiger partial charge in [-0.15, -0.1) is 12.4 Å². The van der Waals surface area contributed by atoms with Gasteiger partial charge >= 0.3 is 0 Å². The molecule has 1 fully saturated rings. The van der Waals surface area contributed by atoms with Crippen LogP contribution >= 0.6 is 12.4 Å². The van der Waals surface area contributed by atoms with Crippen LogP contribution in [-0.4, -0.2) is 32.4 Å². The largest absolute Gasteiger partial charge is 0.494 e. The van der Waals surface area contributed by atoms with Crippen LogP contribution in [0.1, 0.15) is 60.8 Å². The molecule has 194 valence electrons. The Morgan fingerprint density at radius 1 is 0.833 bits per heavy atom. The number of hydrogen-bond acceptors (Lipinski definition) is 4. The van der Waals surface area contributed by atoms with Crippen molar-refractivity contribution in [1.29, 1.82) is 0 Å². The van der Waals surface area contributed by atoms with Crippen LogP contribution in [0, 0.1) is 0 Å². The summed E-state index contributed by atoms with van der Waals surface area (Å²) in [6.45, 7) is 9.01. The van der Waals surface area contributed by atoms with Crippen LogP contribution in [0.2, 0.25) is 0 Å². The molecule has 1 heterocycles. The summed E-state index contributed by atoms with van der Waals surface area (Å²) in [5, 5.41) is 3.50. The van der Waals surface area contributed by atoms with Gasteiger partial charge in [0.05, 0.1) is 32.5 Å². The van der Waals surface area contributed by atoms with Gasteiger partial charge in [0.1, 0.15) is 5.75 Å². The molecule has 5 heteroatoms. The lowest BCUT2D eigenvalue weighted by atomic mass is 9.87. The first-order chi connectivity index (χ1) is 17.2. The van der Waals surface area contributed by atoms with Crippen LogP contribution in [0.15, 0.2) is 78.9 Å². The van der Waals surface area contributed by atoms with Gasteiger partial charge in [-0.05, 0) is 53.3 Å². The number of hydrogen-bond donors (Lipinski definition) is 1. The molecule has 1 saturated heterocycles. The van der Waals surface area contributed by atoms with Gasteiger partial charge in [-0.1, -0.05) is 80.6 Å². The molecule has 0 aromatic heterocycles. The van der Waals surface area contributed by atoms with Gasteiger partial charge in [0.25, 0.3) is 0 Å². The minimum atomic E-state index is 0. The van der Waals surface area contributed by atoms with Crippen LogP contribution in [-0.2, 0) is 22.7 Å². The number of rotatable bonds is 12. The van der Waals surface area contributed by atoms with E-state index in [4.69, 9.17) is 14.2 Å². The number of piperidine rings is 1. The van der Waals surface area contributed by atoms with Crippen molar-refractivity contribution < 1.29 is 14.2 Å². The summed E-state index contributed by atoms with van der Waals surface area (Å²) in [5.41, 5.74) is 5.13. The maximum absolute atomic E-state index is 6.39. The Morgan fingerprint density at radius 3 is 2.28 bits per heavy atom. The molecule has 0 spiro atoms. The Balaban J connectivity index is 0.00000361. The predicted octanol–water partition coefficient (Wildman–Crippen LogP) is 6.88. The first kappa shape index (κ1) is 28.2. The lowest BCUT2D eigenvalue weighted by Crippen LogP contribution is -2.40. The van der Waals surface area contributed by atoms with E-state index in [2.05, 4.69) is 79.8 Å². The zero-order valence-corrected chi connectivity index (χ0v) is 22.3. The number of benzene rings is 3. The van der Waals surface area contributed by atoms with Crippen LogP contribution in [0.3, 0.4) is 0 Å². The van der Waals surface area contributed by atoms with Crippen molar-refractivity contribution in [3.05, 3.63) is 101 Å². The minimum Gasteiger partial charge on any atom is -0.494 e. The van der Waals surface area contributed by atoms with Crippen LogP contribution in [0.4, 0.5) is 0 Å². The Labute approximate surface area is 222 Å². The summed E-state index contributed by atoms with van der Waals surface area (Å²) in [6.07, 6.45) is 2.12. The molecule has 0 saturated carbocycles. The molecule has 0 radical (unpaired) electrons. The third-order valence-electron chi connectivity index (χ3n) is 6.66. The minimum absolute atomic E-state index is 0. The van der Waals surface area contributed by atoms with E-state index in [0.29, 0.717) is 38.3 Å². The molecule has 1 aliphatic rings. The second kappa shape index (κ2) is 15.0. The van der Waals surface area contributed by atoms with Gasteiger partial charge in [-0.25, -0.2) is 0 Å². The van der Waals surface area contributed by atoms with Crippen molar-refractivity contribution in [2.45, 2.75) is 57.8 Å². The predicted molar refractivity (Wildman–Crippen MR) is 149 cm³/mol. The van der Waals surface area contributed by atoms with Crippen molar-refractivity contribution in [3.8, 4) is 5.75 Å². The van der Waals surface area contributed by atoms with Gasteiger partial charge in [-0.2, -0.15) is 0 Å². The van der Waals surface area contributed by atoms with Crippen molar-refractivity contribution in [1.82, 2.24) is 5.32 Å². The molecular weight excluding hydrogens is 470 g/mol. The zero-order chi connectivity index (χ0) is 24.3. The molecule has 2 unspecified atom stereocenters. The van der Waals surface area contributed by atoms with Crippen LogP contribution in [0.5, 0.6) is 5.75 Å². The quantitative estimate of drug-likeness (QED) is 0.270. The first-order valence-corrected chi connectivity index (χ1v) is 12.9. The standard InChI is InChI=1S/C31H39NO3.ClH/c1-24(2)27-11-9-26(10-12-27)23-35-31-21-32-18-17-30(31)28-13-15-29(16-14-28)34-20-6-19-33-22-25-7-4-3-5-8-25;/h3-5,7-16,24,30-32H,6,17-23H2,1-2H3;1H.